The molecule has 1 aliphatic heterocycles. The third-order valence-corrected chi connectivity index (χ3v) is 4.05. The van der Waals surface area contributed by atoms with Gasteiger partial charge in [0.25, 0.3) is 10.1 Å². The highest BCUT2D eigenvalue weighted by Gasteiger charge is 2.07. The van der Waals surface area contributed by atoms with Gasteiger partial charge in [0, 0.05) is 17.8 Å². The Bertz CT molecular complexity index is 782. The Morgan fingerprint density at radius 1 is 1.09 bits per heavy atom. The van der Waals surface area contributed by atoms with E-state index in [1.165, 1.54) is 12.1 Å². The van der Waals surface area contributed by atoms with Gasteiger partial charge in [-0.25, -0.2) is 0 Å². The van der Waals surface area contributed by atoms with E-state index in [1.807, 2.05) is 31.2 Å². The van der Waals surface area contributed by atoms with Crippen LogP contribution in [0.15, 0.2) is 58.4 Å². The van der Waals surface area contributed by atoms with Crippen molar-refractivity contribution in [3.05, 3.63) is 59.7 Å². The Labute approximate surface area is 135 Å². The van der Waals surface area contributed by atoms with Crippen molar-refractivity contribution in [2.45, 2.75) is 11.8 Å². The average Bonchev–Trinajstić information content (AvgIpc) is 3.02. The van der Waals surface area contributed by atoms with Crippen LogP contribution < -0.4 is 11.1 Å². The monoisotopic (exact) mass is 333 g/mol. The zero-order valence-corrected chi connectivity index (χ0v) is 13.5. The molecule has 0 amide bonds. The number of nitrogens with one attached hydrogen (secondary N) is 1. The third-order valence-electron chi connectivity index (χ3n) is 3.18. The Morgan fingerprint density at radius 2 is 1.70 bits per heavy atom. The van der Waals surface area contributed by atoms with Gasteiger partial charge in [0.1, 0.15) is 5.84 Å². The molecular weight excluding hydrogens is 314 g/mol. The highest BCUT2D eigenvalue weighted by molar-refractivity contribution is 7.85. The molecule has 0 bridgehead atoms. The molecule has 0 aromatic heterocycles. The van der Waals surface area contributed by atoms with Crippen molar-refractivity contribution < 1.29 is 13.0 Å². The van der Waals surface area contributed by atoms with Crippen molar-refractivity contribution in [2.75, 3.05) is 18.8 Å². The lowest BCUT2D eigenvalue weighted by atomic mass is 10.2. The maximum absolute atomic E-state index is 10.5. The van der Waals surface area contributed by atoms with E-state index in [9.17, 15) is 8.42 Å². The summed E-state index contributed by atoms with van der Waals surface area (Å²) in [7, 11) is -4.02. The van der Waals surface area contributed by atoms with Crippen molar-refractivity contribution in [2.24, 2.45) is 4.99 Å². The molecule has 0 saturated carbocycles. The Kier molecular flexibility index (Phi) is 5.36. The average molecular weight is 333 g/mol. The number of benzene rings is 2. The molecule has 7 heteroatoms. The van der Waals surface area contributed by atoms with Gasteiger partial charge in [0.2, 0.25) is 0 Å². The van der Waals surface area contributed by atoms with Crippen LogP contribution in [0.1, 0.15) is 11.1 Å². The van der Waals surface area contributed by atoms with Crippen LogP contribution in [-0.4, -0.2) is 31.9 Å². The predicted octanol–water partition coefficient (Wildman–Crippen LogP) is 1.86. The van der Waals surface area contributed by atoms with Gasteiger partial charge in [0.05, 0.1) is 11.4 Å². The molecule has 0 atom stereocenters. The lowest BCUT2D eigenvalue weighted by molar-refractivity contribution is 0.483. The molecule has 0 unspecified atom stereocenters. The molecule has 2 aromatic carbocycles. The number of amidine groups is 1. The molecule has 2 aromatic rings. The maximum atomic E-state index is 10.5. The van der Waals surface area contributed by atoms with E-state index in [0.717, 1.165) is 35.7 Å². The van der Waals surface area contributed by atoms with Crippen molar-refractivity contribution in [3.63, 3.8) is 0 Å². The zero-order valence-electron chi connectivity index (χ0n) is 12.7. The van der Waals surface area contributed by atoms with Crippen LogP contribution in [0.4, 0.5) is 5.69 Å². The zero-order chi connectivity index (χ0) is 16.9. The molecule has 1 heterocycles. The van der Waals surface area contributed by atoms with E-state index in [4.69, 9.17) is 10.3 Å². The standard InChI is InChI=1S/C9H11N3.C7H8O3S/c10-8-3-1-7(2-4-8)9-11-5-6-12-9;1-6-2-4-7(5-3-6)11(8,9)10/h1-4H,5-6,10H2,(H,11,12);2-5H,1H3,(H,8,9,10). The molecule has 1 aliphatic rings. The van der Waals surface area contributed by atoms with Gasteiger partial charge in [-0.1, -0.05) is 17.7 Å². The maximum Gasteiger partial charge on any atom is 0.294 e. The third kappa shape index (κ3) is 5.08. The van der Waals surface area contributed by atoms with E-state index < -0.39 is 10.1 Å². The number of hydrogen-bond acceptors (Lipinski definition) is 5. The minimum Gasteiger partial charge on any atom is -0.399 e. The molecule has 3 rings (SSSR count). The SMILES string of the molecule is Cc1ccc(S(=O)(=O)O)cc1.Nc1ccc(C2=NCCN2)cc1. The summed E-state index contributed by atoms with van der Waals surface area (Å²) in [6, 6.07) is 13.7. The first kappa shape index (κ1) is 17.0. The highest BCUT2D eigenvalue weighted by Crippen LogP contribution is 2.08. The summed E-state index contributed by atoms with van der Waals surface area (Å²) in [5, 5.41) is 3.20. The lowest BCUT2D eigenvalue weighted by Gasteiger charge is -2.01. The normalized spacial score (nSPS) is 13.6. The van der Waals surface area contributed by atoms with Crippen LogP contribution in [0.2, 0.25) is 0 Å². The van der Waals surface area contributed by atoms with Crippen molar-refractivity contribution >= 4 is 21.6 Å². The van der Waals surface area contributed by atoms with E-state index in [-0.39, 0.29) is 4.90 Å². The second kappa shape index (κ2) is 7.26. The molecule has 4 N–H and O–H groups in total. The summed E-state index contributed by atoms with van der Waals surface area (Å²) in [5.74, 6) is 0.981. The number of nitrogen functional groups attached to an aromatic ring is 1. The number of aliphatic imine (C=N–C) groups is 1. The van der Waals surface area contributed by atoms with E-state index in [1.54, 1.807) is 12.1 Å². The first-order valence-electron chi connectivity index (χ1n) is 7.04. The number of nitrogens with zero attached hydrogens (tertiary/aromatic N) is 1. The molecule has 0 spiro atoms. The van der Waals surface area contributed by atoms with Crippen molar-refractivity contribution in [3.8, 4) is 0 Å². The van der Waals surface area contributed by atoms with E-state index >= 15 is 0 Å². The summed E-state index contributed by atoms with van der Waals surface area (Å²) in [5.41, 5.74) is 8.42. The topological polar surface area (TPSA) is 105 Å². The summed E-state index contributed by atoms with van der Waals surface area (Å²) in [4.78, 5) is 4.23. The highest BCUT2D eigenvalue weighted by atomic mass is 32.2. The van der Waals surface area contributed by atoms with Crippen molar-refractivity contribution in [1.29, 1.82) is 0 Å². The second-order valence-electron chi connectivity index (χ2n) is 5.07. The number of anilines is 1. The molecule has 6 nitrogen and oxygen atoms in total. The van der Waals surface area contributed by atoms with Gasteiger partial charge >= 0.3 is 0 Å². The van der Waals surface area contributed by atoms with Gasteiger partial charge in [-0.3, -0.25) is 9.55 Å². The van der Waals surface area contributed by atoms with Gasteiger partial charge in [-0.05, 0) is 43.3 Å². The molecule has 0 radical (unpaired) electrons. The van der Waals surface area contributed by atoms with Crippen LogP contribution >= 0.6 is 0 Å². The van der Waals surface area contributed by atoms with Crippen LogP contribution in [0.3, 0.4) is 0 Å². The fourth-order valence-corrected chi connectivity index (χ4v) is 2.42. The van der Waals surface area contributed by atoms with Crippen LogP contribution in [0.5, 0.6) is 0 Å². The van der Waals surface area contributed by atoms with Gasteiger partial charge in [-0.2, -0.15) is 8.42 Å². The lowest BCUT2D eigenvalue weighted by Crippen LogP contribution is -2.19. The molecule has 0 aliphatic carbocycles. The Balaban J connectivity index is 0.000000168. The number of aryl methyl sites for hydroxylation is 1. The smallest absolute Gasteiger partial charge is 0.294 e. The number of rotatable bonds is 2. The molecule has 0 fully saturated rings. The summed E-state index contributed by atoms with van der Waals surface area (Å²) in [6.07, 6.45) is 0. The largest absolute Gasteiger partial charge is 0.399 e. The summed E-state index contributed by atoms with van der Waals surface area (Å²) in [6.45, 7) is 3.66. The molecule has 0 saturated heterocycles. The minimum absolute atomic E-state index is 0.0666. The van der Waals surface area contributed by atoms with E-state index in [0.29, 0.717) is 0 Å². The second-order valence-corrected chi connectivity index (χ2v) is 6.49. The van der Waals surface area contributed by atoms with Gasteiger partial charge in [0.15, 0.2) is 0 Å². The Morgan fingerprint density at radius 3 is 2.17 bits per heavy atom. The Hall–Kier alpha value is -2.38. The van der Waals surface area contributed by atoms with Crippen molar-refractivity contribution in [1.82, 2.24) is 5.32 Å². The van der Waals surface area contributed by atoms with E-state index in [2.05, 4.69) is 10.3 Å². The quantitative estimate of drug-likeness (QED) is 0.575. The fraction of sp³-hybridized carbons (Fsp3) is 0.188. The molecular formula is C16H19N3O3S. The predicted molar refractivity (Wildman–Crippen MR) is 91.3 cm³/mol. The van der Waals surface area contributed by atoms with Gasteiger partial charge in [-0.15, -0.1) is 0 Å². The molecule has 122 valence electrons. The molecule has 23 heavy (non-hydrogen) atoms. The minimum atomic E-state index is -4.02. The van der Waals surface area contributed by atoms with Gasteiger partial charge < -0.3 is 11.1 Å². The summed E-state index contributed by atoms with van der Waals surface area (Å²) < 4.78 is 29.6. The first-order chi connectivity index (χ1) is 10.9. The van der Waals surface area contributed by atoms with Crippen LogP contribution in [0.25, 0.3) is 0 Å². The summed E-state index contributed by atoms with van der Waals surface area (Å²) >= 11 is 0. The fourth-order valence-electron chi connectivity index (χ4n) is 1.94. The number of nitrogens with two attached hydrogens (primary N) is 1. The first-order valence-corrected chi connectivity index (χ1v) is 8.48. The van der Waals surface area contributed by atoms with Crippen LogP contribution in [0, 0.1) is 6.92 Å². The van der Waals surface area contributed by atoms with Crippen LogP contribution in [-0.2, 0) is 10.1 Å². The number of hydrogen-bond donors (Lipinski definition) is 3.